The zero-order valence-electron chi connectivity index (χ0n) is 25.6. The van der Waals surface area contributed by atoms with E-state index < -0.39 is 0 Å². The summed E-state index contributed by atoms with van der Waals surface area (Å²) in [5.41, 5.74) is 10.3. The Morgan fingerprint density at radius 2 is 1.08 bits per heavy atom. The van der Waals surface area contributed by atoms with Crippen LogP contribution < -0.4 is 0 Å². The van der Waals surface area contributed by atoms with Crippen molar-refractivity contribution in [2.24, 2.45) is 0 Å². The molecule has 0 atom stereocenters. The highest BCUT2D eigenvalue weighted by molar-refractivity contribution is 6.35. The number of aromatic nitrogens is 4. The zero-order chi connectivity index (χ0) is 32.2. The largest absolute Gasteiger partial charge is 0.306 e. The Labute approximate surface area is 275 Å². The summed E-state index contributed by atoms with van der Waals surface area (Å²) in [5.74, 6) is 0. The first-order valence-corrected chi connectivity index (χ1v) is 15.7. The average molecular weight is 615 g/mol. The molecule has 0 aliphatic carbocycles. The van der Waals surface area contributed by atoms with Crippen LogP contribution in [0.3, 0.4) is 0 Å². The molecule has 4 aromatic heterocycles. The predicted octanol–water partition coefficient (Wildman–Crippen LogP) is 10.1. The molecule has 224 valence electrons. The van der Waals surface area contributed by atoms with Crippen molar-refractivity contribution >= 4 is 66.3 Å². The maximum absolute atomic E-state index is 7.89. The second-order valence-corrected chi connectivity index (χ2v) is 11.9. The standard InChI is InChI=1S/C42H26N6/c43-24-35(44)40-20-13-30-23-28(11-17-37(30)47-40)27-10-16-36-29(22-27)12-19-38(46-36)33-14-15-34(32-6-2-1-5-31(32)33)39-18-9-26-8-7-25-4-3-21-45-41(25)42(26)48-39/h1-24,43-44H. The summed E-state index contributed by atoms with van der Waals surface area (Å²) in [6.07, 6.45) is 2.84. The van der Waals surface area contributed by atoms with Gasteiger partial charge in [0.15, 0.2) is 0 Å². The highest BCUT2D eigenvalue weighted by Gasteiger charge is 2.14. The quantitative estimate of drug-likeness (QED) is 0.149. The van der Waals surface area contributed by atoms with Crippen molar-refractivity contribution in [2.75, 3.05) is 0 Å². The smallest absolute Gasteiger partial charge is 0.0972 e. The minimum atomic E-state index is 0.0971. The molecule has 6 heteroatoms. The topological polar surface area (TPSA) is 99.3 Å². The fourth-order valence-electron chi connectivity index (χ4n) is 6.60. The van der Waals surface area contributed by atoms with Gasteiger partial charge >= 0.3 is 0 Å². The van der Waals surface area contributed by atoms with Crippen LogP contribution >= 0.6 is 0 Å². The molecule has 0 spiro atoms. The van der Waals surface area contributed by atoms with E-state index in [1.54, 1.807) is 6.07 Å². The van der Waals surface area contributed by atoms with Gasteiger partial charge in [-0.25, -0.2) is 15.0 Å². The summed E-state index contributed by atoms with van der Waals surface area (Å²) in [5, 5.41) is 21.7. The van der Waals surface area contributed by atoms with Gasteiger partial charge in [-0.05, 0) is 70.4 Å². The Morgan fingerprint density at radius 3 is 1.77 bits per heavy atom. The normalized spacial score (nSPS) is 11.5. The van der Waals surface area contributed by atoms with Crippen LogP contribution in [0.5, 0.6) is 0 Å². The molecule has 4 heterocycles. The number of nitrogens with one attached hydrogen (secondary N) is 2. The van der Waals surface area contributed by atoms with Crippen molar-refractivity contribution in [1.82, 2.24) is 19.9 Å². The summed E-state index contributed by atoms with van der Waals surface area (Å²) >= 11 is 0. The fraction of sp³-hybridized carbons (Fsp3) is 0. The van der Waals surface area contributed by atoms with Gasteiger partial charge in [-0.2, -0.15) is 0 Å². The average Bonchev–Trinajstić information content (AvgIpc) is 3.16. The molecule has 0 saturated heterocycles. The van der Waals surface area contributed by atoms with Crippen LogP contribution in [0.4, 0.5) is 0 Å². The molecule has 0 saturated carbocycles. The van der Waals surface area contributed by atoms with Crippen LogP contribution in [0.25, 0.3) is 88.0 Å². The lowest BCUT2D eigenvalue weighted by Crippen LogP contribution is -2.02. The van der Waals surface area contributed by atoms with E-state index in [2.05, 4.69) is 113 Å². The van der Waals surface area contributed by atoms with Gasteiger partial charge < -0.3 is 5.41 Å². The summed E-state index contributed by atoms with van der Waals surface area (Å²) in [4.78, 5) is 19.4. The Hall–Kier alpha value is -6.66. The van der Waals surface area contributed by atoms with Gasteiger partial charge in [-0.15, -0.1) is 0 Å². The number of hydrogen-bond donors (Lipinski definition) is 2. The Kier molecular flexibility index (Phi) is 6.33. The van der Waals surface area contributed by atoms with Gasteiger partial charge in [0, 0.05) is 45.1 Å². The molecule has 0 radical (unpaired) electrons. The maximum Gasteiger partial charge on any atom is 0.0972 e. The first kappa shape index (κ1) is 27.6. The molecule has 0 aliphatic rings. The van der Waals surface area contributed by atoms with E-state index in [0.717, 1.165) is 94.2 Å². The number of nitrogens with zero attached hydrogens (tertiary/aromatic N) is 4. The third-order valence-corrected chi connectivity index (χ3v) is 9.04. The van der Waals surface area contributed by atoms with E-state index in [4.69, 9.17) is 20.8 Å². The van der Waals surface area contributed by atoms with E-state index >= 15 is 0 Å². The highest BCUT2D eigenvalue weighted by atomic mass is 14.8. The lowest BCUT2D eigenvalue weighted by Gasteiger charge is -2.13. The van der Waals surface area contributed by atoms with Crippen molar-refractivity contribution in [3.05, 3.63) is 145 Å². The molecule has 9 rings (SSSR count). The van der Waals surface area contributed by atoms with Crippen LogP contribution in [-0.4, -0.2) is 31.9 Å². The van der Waals surface area contributed by atoms with E-state index in [0.29, 0.717) is 5.69 Å². The van der Waals surface area contributed by atoms with Crippen molar-refractivity contribution in [3.8, 4) is 33.6 Å². The van der Waals surface area contributed by atoms with Crippen LogP contribution in [0.1, 0.15) is 5.69 Å². The summed E-state index contributed by atoms with van der Waals surface area (Å²) in [6, 6.07) is 45.7. The molecule has 0 aliphatic heterocycles. The second-order valence-electron chi connectivity index (χ2n) is 11.9. The Morgan fingerprint density at radius 1 is 0.500 bits per heavy atom. The van der Waals surface area contributed by atoms with Gasteiger partial charge in [0.25, 0.3) is 0 Å². The highest BCUT2D eigenvalue weighted by Crippen LogP contribution is 2.36. The monoisotopic (exact) mass is 614 g/mol. The van der Waals surface area contributed by atoms with Crippen molar-refractivity contribution < 1.29 is 0 Å². The SMILES string of the molecule is N=CC(=N)c1ccc2cc(-c3ccc4nc(-c5ccc(-c6ccc7ccc8cccnc8c7n6)c6ccccc56)ccc4c3)ccc2n1. The van der Waals surface area contributed by atoms with Crippen LogP contribution in [-0.2, 0) is 0 Å². The molecule has 6 nitrogen and oxygen atoms in total. The predicted molar refractivity (Wildman–Crippen MR) is 197 cm³/mol. The van der Waals surface area contributed by atoms with Crippen LogP contribution in [0.15, 0.2) is 140 Å². The Balaban J connectivity index is 1.09. The number of hydrogen-bond acceptors (Lipinski definition) is 6. The van der Waals surface area contributed by atoms with Gasteiger partial charge in [0.2, 0.25) is 0 Å². The van der Waals surface area contributed by atoms with E-state index in [1.165, 1.54) is 0 Å². The van der Waals surface area contributed by atoms with E-state index in [9.17, 15) is 0 Å². The van der Waals surface area contributed by atoms with Crippen LogP contribution in [0.2, 0.25) is 0 Å². The van der Waals surface area contributed by atoms with Gasteiger partial charge in [0.05, 0.1) is 44.9 Å². The number of benzene rings is 5. The minimum absolute atomic E-state index is 0.0971. The van der Waals surface area contributed by atoms with Crippen LogP contribution in [0, 0.1) is 10.8 Å². The summed E-state index contributed by atoms with van der Waals surface area (Å²) in [6.45, 7) is 0. The van der Waals surface area contributed by atoms with Crippen molar-refractivity contribution in [1.29, 1.82) is 10.8 Å². The zero-order valence-corrected chi connectivity index (χ0v) is 25.6. The summed E-state index contributed by atoms with van der Waals surface area (Å²) in [7, 11) is 0. The lowest BCUT2D eigenvalue weighted by atomic mass is 9.95. The number of rotatable bonds is 5. The maximum atomic E-state index is 7.89. The second kappa shape index (κ2) is 11.0. The van der Waals surface area contributed by atoms with Gasteiger partial charge in [-0.1, -0.05) is 84.9 Å². The van der Waals surface area contributed by atoms with E-state index in [1.807, 2.05) is 30.5 Å². The minimum Gasteiger partial charge on any atom is -0.306 e. The molecule has 0 fully saturated rings. The molecular weight excluding hydrogens is 589 g/mol. The molecule has 9 aromatic rings. The third kappa shape index (κ3) is 4.58. The molecule has 48 heavy (non-hydrogen) atoms. The molecular formula is C42H26N6. The number of pyridine rings is 4. The van der Waals surface area contributed by atoms with Gasteiger partial charge in [0.1, 0.15) is 0 Å². The Bertz CT molecular complexity index is 2780. The first-order valence-electron chi connectivity index (χ1n) is 15.7. The number of fused-ring (bicyclic) bond motifs is 6. The van der Waals surface area contributed by atoms with E-state index in [-0.39, 0.29) is 5.71 Å². The molecule has 2 N–H and O–H groups in total. The molecule has 5 aromatic carbocycles. The first-order chi connectivity index (χ1) is 23.6. The fourth-order valence-corrected chi connectivity index (χ4v) is 6.60. The van der Waals surface area contributed by atoms with Crippen molar-refractivity contribution in [3.63, 3.8) is 0 Å². The molecule has 0 bridgehead atoms. The summed E-state index contributed by atoms with van der Waals surface area (Å²) < 4.78 is 0. The lowest BCUT2D eigenvalue weighted by molar-refractivity contribution is 1.35. The molecule has 0 unspecified atom stereocenters. The van der Waals surface area contributed by atoms with Crippen molar-refractivity contribution in [2.45, 2.75) is 0 Å². The van der Waals surface area contributed by atoms with Gasteiger partial charge in [-0.3, -0.25) is 10.4 Å². The third-order valence-electron chi connectivity index (χ3n) is 9.04. The molecule has 0 amide bonds.